The lowest BCUT2D eigenvalue weighted by Crippen LogP contribution is -2.51. The van der Waals surface area contributed by atoms with Gasteiger partial charge in [0.05, 0.1) is 5.75 Å². The Balaban J connectivity index is 1.39. The molecule has 0 radical (unpaired) electrons. The van der Waals surface area contributed by atoms with E-state index < -0.39 is 17.5 Å². The summed E-state index contributed by atoms with van der Waals surface area (Å²) in [6.45, 7) is 4.10. The fourth-order valence-corrected chi connectivity index (χ4v) is 4.74. The summed E-state index contributed by atoms with van der Waals surface area (Å²) in [6.07, 6.45) is 7.60. The van der Waals surface area contributed by atoms with Gasteiger partial charge in [-0.2, -0.15) is 5.01 Å². The zero-order valence-corrected chi connectivity index (χ0v) is 17.9. The summed E-state index contributed by atoms with van der Waals surface area (Å²) in [5.41, 5.74) is 4.95. The molecule has 1 aromatic carbocycles. The lowest BCUT2D eigenvalue weighted by molar-refractivity contribution is -0.139. The van der Waals surface area contributed by atoms with Gasteiger partial charge >= 0.3 is 6.03 Å². The van der Waals surface area contributed by atoms with E-state index in [1.165, 1.54) is 22.9 Å². The van der Waals surface area contributed by atoms with Crippen LogP contribution in [0.3, 0.4) is 0 Å². The lowest BCUT2D eigenvalue weighted by atomic mass is 9.82. The second-order valence-electron chi connectivity index (χ2n) is 7.89. The number of hydrogen-bond donors (Lipinski definition) is 2. The molecule has 2 N–H and O–H groups in total. The minimum absolute atomic E-state index is 0.0336. The van der Waals surface area contributed by atoms with Gasteiger partial charge in [-0.1, -0.05) is 37.1 Å². The monoisotopic (exact) mass is 427 g/mol. The van der Waals surface area contributed by atoms with Crippen LogP contribution in [0.15, 0.2) is 35.7 Å². The molecule has 0 bridgehead atoms. The number of nitrogens with one attached hydrogen (secondary N) is 2. The van der Waals surface area contributed by atoms with Crippen LogP contribution in [0, 0.1) is 13.8 Å². The number of imide groups is 1. The molecule has 1 aliphatic heterocycles. The van der Waals surface area contributed by atoms with Gasteiger partial charge in [-0.05, 0) is 49.9 Å². The molecule has 8 nitrogen and oxygen atoms in total. The maximum atomic E-state index is 12.8. The molecule has 2 aliphatic rings. The Labute approximate surface area is 179 Å². The molecule has 4 rings (SSSR count). The predicted molar refractivity (Wildman–Crippen MR) is 113 cm³/mol. The van der Waals surface area contributed by atoms with E-state index in [1.54, 1.807) is 6.20 Å². The van der Waals surface area contributed by atoms with Crippen LogP contribution < -0.4 is 10.7 Å². The number of amides is 4. The Bertz CT molecular complexity index is 996. The maximum Gasteiger partial charge on any atom is 0.344 e. The minimum atomic E-state index is -0.852. The molecule has 1 saturated heterocycles. The van der Waals surface area contributed by atoms with E-state index in [2.05, 4.69) is 28.7 Å². The first kappa shape index (κ1) is 20.5. The van der Waals surface area contributed by atoms with Crippen LogP contribution in [0.5, 0.6) is 0 Å². The van der Waals surface area contributed by atoms with Crippen molar-refractivity contribution in [3.63, 3.8) is 0 Å². The Morgan fingerprint density at radius 2 is 1.97 bits per heavy atom. The van der Waals surface area contributed by atoms with Crippen LogP contribution in [0.1, 0.15) is 43.2 Å². The Hall–Kier alpha value is -2.81. The zero-order chi connectivity index (χ0) is 21.3. The van der Waals surface area contributed by atoms with Crippen LogP contribution in [-0.2, 0) is 9.59 Å². The number of hydrogen-bond acceptors (Lipinski definition) is 5. The first-order valence-corrected chi connectivity index (χ1v) is 11.1. The third kappa shape index (κ3) is 3.81. The van der Waals surface area contributed by atoms with Crippen molar-refractivity contribution in [2.24, 2.45) is 0 Å². The predicted octanol–water partition coefficient (Wildman–Crippen LogP) is 2.87. The van der Waals surface area contributed by atoms with Crippen LogP contribution in [0.4, 0.5) is 4.79 Å². The number of carbonyl (C=O) groups excluding carboxylic acids is 3. The van der Waals surface area contributed by atoms with E-state index in [0.29, 0.717) is 18.0 Å². The molecule has 1 saturated carbocycles. The Morgan fingerprint density at radius 3 is 2.70 bits per heavy atom. The summed E-state index contributed by atoms with van der Waals surface area (Å²) in [5.74, 6) is -0.750. The largest absolute Gasteiger partial charge is 0.344 e. The van der Waals surface area contributed by atoms with Crippen molar-refractivity contribution >= 4 is 29.6 Å². The number of rotatable bonds is 5. The summed E-state index contributed by atoms with van der Waals surface area (Å²) in [4.78, 5) is 41.8. The van der Waals surface area contributed by atoms with E-state index >= 15 is 0 Å². The third-order valence-electron chi connectivity index (χ3n) is 5.81. The van der Waals surface area contributed by atoms with Gasteiger partial charge in [0.1, 0.15) is 5.54 Å². The smallest absolute Gasteiger partial charge is 0.322 e. The van der Waals surface area contributed by atoms with Crippen molar-refractivity contribution in [2.45, 2.75) is 56.6 Å². The number of carbonyl (C=O) groups is 3. The highest BCUT2D eigenvalue weighted by atomic mass is 32.2. The lowest BCUT2D eigenvalue weighted by Gasteiger charge is -2.30. The molecule has 1 aliphatic carbocycles. The van der Waals surface area contributed by atoms with Crippen molar-refractivity contribution in [2.75, 3.05) is 5.75 Å². The van der Waals surface area contributed by atoms with Gasteiger partial charge in [-0.25, -0.2) is 9.78 Å². The van der Waals surface area contributed by atoms with Gasteiger partial charge in [-0.3, -0.25) is 19.6 Å². The molecule has 9 heteroatoms. The van der Waals surface area contributed by atoms with Crippen molar-refractivity contribution in [1.82, 2.24) is 25.3 Å². The summed E-state index contributed by atoms with van der Waals surface area (Å²) in [5, 5.41) is 4.28. The van der Waals surface area contributed by atoms with Crippen LogP contribution in [0.2, 0.25) is 0 Å². The third-order valence-corrected chi connectivity index (χ3v) is 6.78. The molecule has 30 heavy (non-hydrogen) atoms. The van der Waals surface area contributed by atoms with E-state index in [9.17, 15) is 14.4 Å². The molecule has 1 aromatic heterocycles. The van der Waals surface area contributed by atoms with E-state index in [1.807, 2.05) is 29.8 Å². The van der Waals surface area contributed by atoms with Crippen LogP contribution in [0.25, 0.3) is 5.69 Å². The average molecular weight is 428 g/mol. The standard InChI is InChI=1S/C21H25N5O3S/c1-14-6-7-16(12-15(14)2)25-11-10-22-20(25)30-13-17(27)24-26-18(28)21(23-19(26)29)8-4-3-5-9-21/h6-7,10-12H,3-5,8-9,13H2,1-2H3,(H,23,29)(H,24,27). The Morgan fingerprint density at radius 1 is 1.20 bits per heavy atom. The molecule has 1 spiro atoms. The number of hydrazine groups is 1. The number of thioether (sulfide) groups is 1. The molecule has 158 valence electrons. The fraction of sp³-hybridized carbons (Fsp3) is 0.429. The maximum absolute atomic E-state index is 12.8. The summed E-state index contributed by atoms with van der Waals surface area (Å²) >= 11 is 1.25. The van der Waals surface area contributed by atoms with E-state index in [-0.39, 0.29) is 11.7 Å². The highest BCUT2D eigenvalue weighted by Crippen LogP contribution is 2.33. The highest BCUT2D eigenvalue weighted by molar-refractivity contribution is 7.99. The van der Waals surface area contributed by atoms with Crippen molar-refractivity contribution in [1.29, 1.82) is 0 Å². The normalized spacial score (nSPS) is 18.0. The van der Waals surface area contributed by atoms with Gasteiger partial charge in [0.15, 0.2) is 5.16 Å². The van der Waals surface area contributed by atoms with E-state index in [0.717, 1.165) is 30.0 Å². The Kier molecular flexibility index (Phi) is 5.55. The number of imidazole rings is 1. The number of urea groups is 1. The molecule has 4 amide bonds. The van der Waals surface area contributed by atoms with Gasteiger partial charge in [-0.15, -0.1) is 0 Å². The van der Waals surface area contributed by atoms with Gasteiger partial charge < -0.3 is 5.32 Å². The summed E-state index contributed by atoms with van der Waals surface area (Å²) in [7, 11) is 0. The molecular formula is C21H25N5O3S. The van der Waals surface area contributed by atoms with Gasteiger partial charge in [0.25, 0.3) is 5.91 Å². The zero-order valence-electron chi connectivity index (χ0n) is 17.1. The van der Waals surface area contributed by atoms with Crippen molar-refractivity contribution in [3.05, 3.63) is 41.7 Å². The molecule has 2 fully saturated rings. The van der Waals surface area contributed by atoms with E-state index in [4.69, 9.17) is 0 Å². The van der Waals surface area contributed by atoms with Crippen molar-refractivity contribution < 1.29 is 14.4 Å². The van der Waals surface area contributed by atoms with Crippen LogP contribution >= 0.6 is 11.8 Å². The summed E-state index contributed by atoms with van der Waals surface area (Å²) < 4.78 is 1.91. The molecule has 2 aromatic rings. The first-order chi connectivity index (χ1) is 14.4. The van der Waals surface area contributed by atoms with Gasteiger partial charge in [0, 0.05) is 18.1 Å². The quantitative estimate of drug-likeness (QED) is 0.565. The topological polar surface area (TPSA) is 96.3 Å². The minimum Gasteiger partial charge on any atom is -0.322 e. The SMILES string of the molecule is Cc1ccc(-n2ccnc2SCC(=O)NN2C(=O)NC3(CCCCC3)C2=O)cc1C. The number of nitrogens with zero attached hydrogens (tertiary/aromatic N) is 3. The fourth-order valence-electron chi connectivity index (χ4n) is 3.97. The summed E-state index contributed by atoms with van der Waals surface area (Å²) in [6, 6.07) is 5.56. The highest BCUT2D eigenvalue weighted by Gasteiger charge is 2.52. The molecule has 0 unspecified atom stereocenters. The van der Waals surface area contributed by atoms with Crippen LogP contribution in [-0.4, -0.2) is 43.7 Å². The molecule has 2 heterocycles. The second-order valence-corrected chi connectivity index (χ2v) is 8.83. The van der Waals surface area contributed by atoms with Gasteiger partial charge in [0.2, 0.25) is 5.91 Å². The number of aryl methyl sites for hydroxylation is 2. The first-order valence-electron chi connectivity index (χ1n) is 10.1. The molecular weight excluding hydrogens is 402 g/mol. The molecule has 0 atom stereocenters. The number of benzene rings is 1. The average Bonchev–Trinajstić information content (AvgIpc) is 3.28. The second kappa shape index (κ2) is 8.14. The van der Waals surface area contributed by atoms with Crippen molar-refractivity contribution in [3.8, 4) is 5.69 Å². The number of aromatic nitrogens is 2.